The van der Waals surface area contributed by atoms with Gasteiger partial charge in [0.1, 0.15) is 17.3 Å². The SMILES string of the molecule is NNC(c1cc(F)cc(F)c1)c1cn[nH]n1. The Balaban J connectivity index is 2.41. The number of nitrogens with one attached hydrogen (secondary N) is 2. The van der Waals surface area contributed by atoms with E-state index in [4.69, 9.17) is 5.84 Å². The standard InChI is InChI=1S/C9H9F2N5/c10-6-1-5(2-7(11)3-6)9(14-12)8-4-13-16-15-8/h1-4,9,14H,12H2,(H,13,15,16). The topological polar surface area (TPSA) is 79.6 Å². The van der Waals surface area contributed by atoms with Crippen molar-refractivity contribution in [2.75, 3.05) is 0 Å². The summed E-state index contributed by atoms with van der Waals surface area (Å²) in [4.78, 5) is 0. The molecule has 16 heavy (non-hydrogen) atoms. The molecule has 0 fully saturated rings. The quantitative estimate of drug-likeness (QED) is 0.529. The van der Waals surface area contributed by atoms with Crippen LogP contribution in [0.4, 0.5) is 8.78 Å². The molecule has 0 saturated carbocycles. The van der Waals surface area contributed by atoms with E-state index in [-0.39, 0.29) is 0 Å². The highest BCUT2D eigenvalue weighted by Crippen LogP contribution is 2.20. The van der Waals surface area contributed by atoms with Crippen LogP contribution in [0.3, 0.4) is 0 Å². The van der Waals surface area contributed by atoms with E-state index < -0.39 is 17.7 Å². The smallest absolute Gasteiger partial charge is 0.126 e. The van der Waals surface area contributed by atoms with Crippen LogP contribution >= 0.6 is 0 Å². The number of aromatic nitrogens is 3. The fourth-order valence-corrected chi connectivity index (χ4v) is 1.44. The molecule has 7 heteroatoms. The van der Waals surface area contributed by atoms with Crippen molar-refractivity contribution in [2.45, 2.75) is 6.04 Å². The van der Waals surface area contributed by atoms with E-state index in [1.165, 1.54) is 18.3 Å². The second kappa shape index (κ2) is 4.33. The molecule has 5 nitrogen and oxygen atoms in total. The fraction of sp³-hybridized carbons (Fsp3) is 0.111. The van der Waals surface area contributed by atoms with Gasteiger partial charge in [0.05, 0.1) is 12.2 Å². The van der Waals surface area contributed by atoms with Gasteiger partial charge in [-0.1, -0.05) is 0 Å². The normalized spacial score (nSPS) is 12.7. The third-order valence-corrected chi connectivity index (χ3v) is 2.11. The second-order valence-electron chi connectivity index (χ2n) is 3.20. The van der Waals surface area contributed by atoms with E-state index in [0.717, 1.165) is 6.07 Å². The minimum Gasteiger partial charge on any atom is -0.271 e. The van der Waals surface area contributed by atoms with Gasteiger partial charge >= 0.3 is 0 Å². The van der Waals surface area contributed by atoms with E-state index in [1.807, 2.05) is 0 Å². The van der Waals surface area contributed by atoms with Crippen molar-refractivity contribution in [2.24, 2.45) is 5.84 Å². The lowest BCUT2D eigenvalue weighted by molar-refractivity contribution is 0.562. The summed E-state index contributed by atoms with van der Waals surface area (Å²) >= 11 is 0. The zero-order valence-electron chi connectivity index (χ0n) is 8.11. The summed E-state index contributed by atoms with van der Waals surface area (Å²) in [6.07, 6.45) is 1.42. The van der Waals surface area contributed by atoms with Gasteiger partial charge in [0.25, 0.3) is 0 Å². The number of aromatic amines is 1. The molecule has 1 atom stereocenters. The van der Waals surface area contributed by atoms with E-state index in [2.05, 4.69) is 20.8 Å². The molecule has 0 aliphatic carbocycles. The maximum atomic E-state index is 13.0. The number of nitrogens with two attached hydrogens (primary N) is 1. The maximum absolute atomic E-state index is 13.0. The Morgan fingerprint density at radius 3 is 2.44 bits per heavy atom. The van der Waals surface area contributed by atoms with E-state index >= 15 is 0 Å². The predicted molar refractivity (Wildman–Crippen MR) is 51.9 cm³/mol. The third-order valence-electron chi connectivity index (χ3n) is 2.11. The number of benzene rings is 1. The molecule has 0 saturated heterocycles. The van der Waals surface area contributed by atoms with Crippen molar-refractivity contribution >= 4 is 0 Å². The summed E-state index contributed by atoms with van der Waals surface area (Å²) in [5.74, 6) is 3.98. The molecule has 1 unspecified atom stereocenters. The second-order valence-corrected chi connectivity index (χ2v) is 3.20. The van der Waals surface area contributed by atoms with Crippen LogP contribution in [0.2, 0.25) is 0 Å². The van der Waals surface area contributed by atoms with E-state index in [0.29, 0.717) is 11.3 Å². The summed E-state index contributed by atoms with van der Waals surface area (Å²) in [5, 5.41) is 9.80. The van der Waals surface area contributed by atoms with Crippen LogP contribution < -0.4 is 11.3 Å². The van der Waals surface area contributed by atoms with Crippen molar-refractivity contribution < 1.29 is 8.78 Å². The monoisotopic (exact) mass is 225 g/mol. The molecule has 1 heterocycles. The molecule has 1 aromatic heterocycles. The van der Waals surface area contributed by atoms with E-state index in [1.54, 1.807) is 0 Å². The van der Waals surface area contributed by atoms with Crippen LogP contribution in [0.25, 0.3) is 0 Å². The van der Waals surface area contributed by atoms with Crippen LogP contribution in [0.15, 0.2) is 24.4 Å². The fourth-order valence-electron chi connectivity index (χ4n) is 1.44. The summed E-state index contributed by atoms with van der Waals surface area (Å²) in [6.45, 7) is 0. The number of halogens is 2. The van der Waals surface area contributed by atoms with Crippen molar-refractivity contribution in [3.8, 4) is 0 Å². The number of hydrazine groups is 1. The van der Waals surface area contributed by atoms with Crippen LogP contribution in [0, 0.1) is 11.6 Å². The molecule has 0 aliphatic heterocycles. The van der Waals surface area contributed by atoms with Crippen LogP contribution in [-0.2, 0) is 0 Å². The first-order chi connectivity index (χ1) is 7.70. The Kier molecular flexibility index (Phi) is 2.88. The van der Waals surface area contributed by atoms with Crippen LogP contribution in [-0.4, -0.2) is 15.4 Å². The molecule has 2 rings (SSSR count). The van der Waals surface area contributed by atoms with Gasteiger partial charge in [0.2, 0.25) is 0 Å². The first-order valence-electron chi connectivity index (χ1n) is 4.48. The highest BCUT2D eigenvalue weighted by Gasteiger charge is 2.16. The highest BCUT2D eigenvalue weighted by atomic mass is 19.1. The molecule has 84 valence electrons. The summed E-state index contributed by atoms with van der Waals surface area (Å²) in [6, 6.07) is 2.55. The van der Waals surface area contributed by atoms with Crippen molar-refractivity contribution in [1.29, 1.82) is 0 Å². The summed E-state index contributed by atoms with van der Waals surface area (Å²) < 4.78 is 26.0. The van der Waals surface area contributed by atoms with Crippen molar-refractivity contribution in [3.63, 3.8) is 0 Å². The molecule has 2 aromatic rings. The Morgan fingerprint density at radius 1 is 1.25 bits per heavy atom. The number of hydrogen-bond acceptors (Lipinski definition) is 4. The van der Waals surface area contributed by atoms with Gasteiger partial charge < -0.3 is 0 Å². The van der Waals surface area contributed by atoms with E-state index in [9.17, 15) is 8.78 Å². The van der Waals surface area contributed by atoms with Gasteiger partial charge in [-0.2, -0.15) is 15.4 Å². The summed E-state index contributed by atoms with van der Waals surface area (Å²) in [7, 11) is 0. The average molecular weight is 225 g/mol. The Morgan fingerprint density at radius 2 is 1.94 bits per heavy atom. The molecule has 0 bridgehead atoms. The zero-order valence-corrected chi connectivity index (χ0v) is 8.11. The number of rotatable bonds is 3. The van der Waals surface area contributed by atoms with Gasteiger partial charge in [0.15, 0.2) is 0 Å². The molecular formula is C9H9F2N5. The highest BCUT2D eigenvalue weighted by molar-refractivity contribution is 5.27. The first kappa shape index (κ1) is 10.7. The lowest BCUT2D eigenvalue weighted by Gasteiger charge is -2.13. The largest absolute Gasteiger partial charge is 0.271 e. The molecule has 0 amide bonds. The van der Waals surface area contributed by atoms with Crippen LogP contribution in [0.5, 0.6) is 0 Å². The maximum Gasteiger partial charge on any atom is 0.126 e. The Labute approximate surface area is 89.6 Å². The summed E-state index contributed by atoms with van der Waals surface area (Å²) in [5.41, 5.74) is 3.21. The average Bonchev–Trinajstić information content (AvgIpc) is 2.70. The van der Waals surface area contributed by atoms with Gasteiger partial charge in [0, 0.05) is 6.07 Å². The molecule has 0 aliphatic rings. The van der Waals surface area contributed by atoms with Gasteiger partial charge in [-0.05, 0) is 17.7 Å². The van der Waals surface area contributed by atoms with Gasteiger partial charge in [-0.25, -0.2) is 14.2 Å². The number of nitrogens with zero attached hydrogens (tertiary/aromatic N) is 2. The predicted octanol–water partition coefficient (Wildman–Crippen LogP) is 0.636. The van der Waals surface area contributed by atoms with Crippen molar-refractivity contribution in [3.05, 3.63) is 47.3 Å². The molecule has 0 radical (unpaired) electrons. The molecule has 4 N–H and O–H groups in total. The Bertz CT molecular complexity index is 451. The lowest BCUT2D eigenvalue weighted by atomic mass is 10.0. The van der Waals surface area contributed by atoms with Crippen LogP contribution in [0.1, 0.15) is 17.3 Å². The Hall–Kier alpha value is -1.86. The minimum absolute atomic E-state index is 0.342. The van der Waals surface area contributed by atoms with Gasteiger partial charge in [-0.3, -0.25) is 5.84 Å². The third kappa shape index (κ3) is 2.05. The number of H-pyrrole nitrogens is 1. The zero-order chi connectivity index (χ0) is 11.5. The van der Waals surface area contributed by atoms with Crippen molar-refractivity contribution in [1.82, 2.24) is 20.8 Å². The van der Waals surface area contributed by atoms with Gasteiger partial charge in [-0.15, -0.1) is 0 Å². The lowest BCUT2D eigenvalue weighted by Crippen LogP contribution is -2.29. The number of hydrogen-bond donors (Lipinski definition) is 3. The molecule has 1 aromatic carbocycles. The molecule has 0 spiro atoms. The minimum atomic E-state index is -0.668. The molecular weight excluding hydrogens is 216 g/mol. The first-order valence-corrected chi connectivity index (χ1v) is 4.48.